The van der Waals surface area contributed by atoms with Crippen LogP contribution in [0.3, 0.4) is 0 Å². The number of ether oxygens (including phenoxy) is 2. The Balaban J connectivity index is 3.81. The Morgan fingerprint density at radius 3 is 1.90 bits per heavy atom. The third-order valence-corrected chi connectivity index (χ3v) is 1.24. The highest BCUT2D eigenvalue weighted by molar-refractivity contribution is 4.65. The smallest absolute Gasteiger partial charge is 0.161 e. The molecule has 1 unspecified atom stereocenters. The first-order chi connectivity index (χ1) is 4.52. The molecule has 2 nitrogen and oxygen atoms in total. The lowest BCUT2D eigenvalue weighted by Gasteiger charge is -2.28. The summed E-state index contributed by atoms with van der Waals surface area (Å²) in [6, 6.07) is 0. The summed E-state index contributed by atoms with van der Waals surface area (Å²) >= 11 is 0. The Morgan fingerprint density at radius 1 is 1.30 bits per heavy atom. The van der Waals surface area contributed by atoms with Gasteiger partial charge in [0.1, 0.15) is 0 Å². The molecular weight excluding hydrogens is 128 g/mol. The van der Waals surface area contributed by atoms with Gasteiger partial charge in [-0.25, -0.2) is 0 Å². The zero-order chi connectivity index (χ0) is 8.20. The SMILES string of the molecule is CCOC(OC)C(C)(C)C. The molecule has 0 rings (SSSR count). The molecule has 0 bridgehead atoms. The van der Waals surface area contributed by atoms with Crippen molar-refractivity contribution < 1.29 is 9.47 Å². The maximum absolute atomic E-state index is 5.33. The molecular formula is C8H18O2. The zero-order valence-electron chi connectivity index (χ0n) is 7.60. The molecule has 10 heavy (non-hydrogen) atoms. The minimum Gasteiger partial charge on any atom is -0.355 e. The minimum atomic E-state index is -0.0856. The summed E-state index contributed by atoms with van der Waals surface area (Å²) in [5, 5.41) is 0. The van der Waals surface area contributed by atoms with Crippen molar-refractivity contribution in [1.29, 1.82) is 0 Å². The Labute approximate surface area is 63.5 Å². The van der Waals surface area contributed by atoms with Crippen molar-refractivity contribution in [3.8, 4) is 0 Å². The van der Waals surface area contributed by atoms with E-state index in [2.05, 4.69) is 20.8 Å². The highest BCUT2D eigenvalue weighted by Gasteiger charge is 2.24. The second kappa shape index (κ2) is 3.94. The molecule has 0 aliphatic carbocycles. The highest BCUT2D eigenvalue weighted by atomic mass is 16.7. The van der Waals surface area contributed by atoms with Gasteiger partial charge in [0.2, 0.25) is 0 Å². The van der Waals surface area contributed by atoms with Crippen LogP contribution in [-0.2, 0) is 9.47 Å². The molecule has 0 saturated heterocycles. The second-order valence-electron chi connectivity index (χ2n) is 3.39. The van der Waals surface area contributed by atoms with Crippen molar-refractivity contribution in [2.24, 2.45) is 5.41 Å². The van der Waals surface area contributed by atoms with Crippen molar-refractivity contribution >= 4 is 0 Å². The van der Waals surface area contributed by atoms with E-state index in [9.17, 15) is 0 Å². The molecule has 0 aliphatic rings. The molecule has 0 aromatic carbocycles. The van der Waals surface area contributed by atoms with Crippen molar-refractivity contribution in [2.75, 3.05) is 13.7 Å². The van der Waals surface area contributed by atoms with Gasteiger partial charge in [-0.2, -0.15) is 0 Å². The molecule has 62 valence electrons. The lowest BCUT2D eigenvalue weighted by molar-refractivity contribution is -0.175. The summed E-state index contributed by atoms with van der Waals surface area (Å²) in [6.45, 7) is 8.96. The molecule has 0 spiro atoms. The number of hydrogen-bond acceptors (Lipinski definition) is 2. The van der Waals surface area contributed by atoms with Crippen LogP contribution in [0, 0.1) is 5.41 Å². The van der Waals surface area contributed by atoms with E-state index < -0.39 is 0 Å². The Morgan fingerprint density at radius 2 is 1.80 bits per heavy atom. The van der Waals surface area contributed by atoms with E-state index in [-0.39, 0.29) is 11.7 Å². The van der Waals surface area contributed by atoms with Gasteiger partial charge in [0.25, 0.3) is 0 Å². The van der Waals surface area contributed by atoms with Gasteiger partial charge in [-0.05, 0) is 6.92 Å². The molecule has 0 aromatic rings. The third-order valence-electron chi connectivity index (χ3n) is 1.24. The molecule has 2 heteroatoms. The molecule has 0 fully saturated rings. The maximum atomic E-state index is 5.33. The molecule has 0 radical (unpaired) electrons. The van der Waals surface area contributed by atoms with E-state index >= 15 is 0 Å². The zero-order valence-corrected chi connectivity index (χ0v) is 7.60. The van der Waals surface area contributed by atoms with Gasteiger partial charge in [-0.15, -0.1) is 0 Å². The van der Waals surface area contributed by atoms with Crippen LogP contribution in [0.1, 0.15) is 27.7 Å². The van der Waals surface area contributed by atoms with Crippen LogP contribution in [-0.4, -0.2) is 20.0 Å². The lowest BCUT2D eigenvalue weighted by Crippen LogP contribution is -2.30. The van der Waals surface area contributed by atoms with Gasteiger partial charge in [0.05, 0.1) is 0 Å². The largest absolute Gasteiger partial charge is 0.355 e. The van der Waals surface area contributed by atoms with Crippen LogP contribution in [0.15, 0.2) is 0 Å². The molecule has 1 atom stereocenters. The summed E-state index contributed by atoms with van der Waals surface area (Å²) in [5.74, 6) is 0. The van der Waals surface area contributed by atoms with E-state index in [1.807, 2.05) is 6.92 Å². The van der Waals surface area contributed by atoms with E-state index in [1.54, 1.807) is 7.11 Å². The minimum absolute atomic E-state index is 0.0742. The van der Waals surface area contributed by atoms with Crippen molar-refractivity contribution in [3.63, 3.8) is 0 Å². The fourth-order valence-electron chi connectivity index (χ4n) is 0.823. The van der Waals surface area contributed by atoms with E-state index in [1.165, 1.54) is 0 Å². The lowest BCUT2D eigenvalue weighted by atomic mass is 9.96. The summed E-state index contributed by atoms with van der Waals surface area (Å²) in [4.78, 5) is 0. The summed E-state index contributed by atoms with van der Waals surface area (Å²) in [6.07, 6.45) is -0.0856. The van der Waals surface area contributed by atoms with Gasteiger partial charge >= 0.3 is 0 Å². The monoisotopic (exact) mass is 146 g/mol. The van der Waals surface area contributed by atoms with Crippen LogP contribution in [0.5, 0.6) is 0 Å². The van der Waals surface area contributed by atoms with Crippen LogP contribution in [0.4, 0.5) is 0 Å². The van der Waals surface area contributed by atoms with Crippen molar-refractivity contribution in [2.45, 2.75) is 34.0 Å². The highest BCUT2D eigenvalue weighted by Crippen LogP contribution is 2.22. The van der Waals surface area contributed by atoms with Gasteiger partial charge in [0.15, 0.2) is 6.29 Å². The van der Waals surface area contributed by atoms with Gasteiger partial charge < -0.3 is 9.47 Å². The average molecular weight is 146 g/mol. The van der Waals surface area contributed by atoms with Gasteiger partial charge in [0, 0.05) is 19.1 Å². The third kappa shape index (κ3) is 3.18. The van der Waals surface area contributed by atoms with Crippen LogP contribution in [0.25, 0.3) is 0 Å². The molecule has 0 aliphatic heterocycles. The molecule has 0 N–H and O–H groups in total. The molecule has 0 aromatic heterocycles. The molecule has 0 saturated carbocycles. The Kier molecular flexibility index (Phi) is 3.91. The number of methoxy groups -OCH3 is 1. The van der Waals surface area contributed by atoms with E-state index in [4.69, 9.17) is 9.47 Å². The van der Waals surface area contributed by atoms with Gasteiger partial charge in [-0.1, -0.05) is 20.8 Å². The van der Waals surface area contributed by atoms with Crippen LogP contribution >= 0.6 is 0 Å². The summed E-state index contributed by atoms with van der Waals surface area (Å²) < 4.78 is 10.5. The topological polar surface area (TPSA) is 18.5 Å². The Bertz CT molecular complexity index is 83.7. The number of rotatable bonds is 3. The molecule has 0 amide bonds. The normalized spacial score (nSPS) is 15.3. The Hall–Kier alpha value is -0.0800. The van der Waals surface area contributed by atoms with Crippen molar-refractivity contribution in [3.05, 3.63) is 0 Å². The van der Waals surface area contributed by atoms with Gasteiger partial charge in [-0.3, -0.25) is 0 Å². The second-order valence-corrected chi connectivity index (χ2v) is 3.39. The van der Waals surface area contributed by atoms with Crippen molar-refractivity contribution in [1.82, 2.24) is 0 Å². The van der Waals surface area contributed by atoms with Crippen LogP contribution < -0.4 is 0 Å². The van der Waals surface area contributed by atoms with E-state index in [0.29, 0.717) is 6.61 Å². The number of hydrogen-bond donors (Lipinski definition) is 0. The van der Waals surface area contributed by atoms with Crippen LogP contribution in [0.2, 0.25) is 0 Å². The first kappa shape index (κ1) is 9.92. The average Bonchev–Trinajstić information content (AvgIpc) is 1.80. The summed E-state index contributed by atoms with van der Waals surface area (Å²) in [7, 11) is 1.67. The predicted octanol–water partition coefficient (Wildman–Crippen LogP) is 2.04. The molecule has 0 heterocycles. The predicted molar refractivity (Wildman–Crippen MR) is 41.9 cm³/mol. The first-order valence-corrected chi connectivity index (χ1v) is 3.66. The summed E-state index contributed by atoms with van der Waals surface area (Å²) in [5.41, 5.74) is 0.0742. The standard InChI is InChI=1S/C8H18O2/c1-6-10-7(9-5)8(2,3)4/h7H,6H2,1-5H3. The van der Waals surface area contributed by atoms with E-state index in [0.717, 1.165) is 0 Å². The fraction of sp³-hybridized carbons (Fsp3) is 1.00. The first-order valence-electron chi connectivity index (χ1n) is 3.66. The fourth-order valence-corrected chi connectivity index (χ4v) is 0.823. The maximum Gasteiger partial charge on any atom is 0.161 e. The quantitative estimate of drug-likeness (QED) is 0.567.